The van der Waals surface area contributed by atoms with Crippen molar-refractivity contribution in [2.45, 2.75) is 12.8 Å². The van der Waals surface area contributed by atoms with E-state index >= 15 is 0 Å². The van der Waals surface area contributed by atoms with Gasteiger partial charge in [-0.1, -0.05) is 59.7 Å². The molecule has 0 bridgehead atoms. The van der Waals surface area contributed by atoms with Gasteiger partial charge >= 0.3 is 0 Å². The van der Waals surface area contributed by atoms with E-state index in [-0.39, 0.29) is 5.41 Å². The maximum absolute atomic E-state index is 6.09. The molecule has 0 radical (unpaired) electrons. The van der Waals surface area contributed by atoms with Crippen LogP contribution in [0.3, 0.4) is 0 Å². The molecule has 2 nitrogen and oxygen atoms in total. The minimum Gasteiger partial charge on any atom is -0.245 e. The van der Waals surface area contributed by atoms with E-state index in [2.05, 4.69) is 46.4 Å². The average Bonchev–Trinajstić information content (AvgIpc) is 3.02. The Balaban J connectivity index is 1.73. The first-order valence-electron chi connectivity index (χ1n) is 8.14. The van der Waals surface area contributed by atoms with Crippen LogP contribution in [0.2, 0.25) is 10.3 Å². The minimum absolute atomic E-state index is 0.142. The van der Waals surface area contributed by atoms with Crippen LogP contribution in [0.4, 0.5) is 0 Å². The van der Waals surface area contributed by atoms with E-state index in [1.807, 2.05) is 24.3 Å². The van der Waals surface area contributed by atoms with E-state index in [4.69, 9.17) is 23.2 Å². The number of hydrogen-bond acceptors (Lipinski definition) is 2. The van der Waals surface area contributed by atoms with Gasteiger partial charge in [-0.05, 0) is 59.4 Å². The van der Waals surface area contributed by atoms with Crippen LogP contribution in [0, 0.1) is 5.41 Å². The van der Waals surface area contributed by atoms with E-state index in [0.29, 0.717) is 10.3 Å². The Morgan fingerprint density at radius 2 is 1.48 bits per heavy atom. The molecule has 0 saturated carbocycles. The molecule has 2 aliphatic rings. The number of nitrogens with zero attached hydrogens (tertiary/aromatic N) is 2. The summed E-state index contributed by atoms with van der Waals surface area (Å²) in [6.45, 7) is 0. The van der Waals surface area contributed by atoms with Gasteiger partial charge in [0.15, 0.2) is 0 Å². The Bertz CT molecular complexity index is 891. The molecule has 2 aromatic rings. The van der Waals surface area contributed by atoms with Gasteiger partial charge in [-0.3, -0.25) is 0 Å². The third kappa shape index (κ3) is 3.60. The third-order valence-corrected chi connectivity index (χ3v) is 4.98. The van der Waals surface area contributed by atoms with E-state index in [1.54, 1.807) is 12.4 Å². The van der Waals surface area contributed by atoms with Crippen LogP contribution in [0.5, 0.6) is 0 Å². The molecule has 0 aliphatic heterocycles. The zero-order valence-electron chi connectivity index (χ0n) is 13.5. The zero-order valence-corrected chi connectivity index (χ0v) is 15.0. The van der Waals surface area contributed by atoms with Gasteiger partial charge in [0.25, 0.3) is 0 Å². The minimum atomic E-state index is -0.142. The second-order valence-electron chi connectivity index (χ2n) is 6.47. The lowest BCUT2D eigenvalue weighted by atomic mass is 9.72. The highest BCUT2D eigenvalue weighted by Crippen LogP contribution is 2.39. The van der Waals surface area contributed by atoms with Crippen LogP contribution in [0.25, 0.3) is 0 Å². The van der Waals surface area contributed by atoms with E-state index in [9.17, 15) is 0 Å². The van der Waals surface area contributed by atoms with Crippen LogP contribution >= 0.6 is 23.2 Å². The van der Waals surface area contributed by atoms with Gasteiger partial charge in [-0.15, -0.1) is 0 Å². The lowest BCUT2D eigenvalue weighted by Crippen LogP contribution is -2.24. The first-order chi connectivity index (χ1) is 12.1. The average molecular weight is 367 g/mol. The normalized spacial score (nSPS) is 17.2. The molecular weight excluding hydrogens is 351 g/mol. The summed E-state index contributed by atoms with van der Waals surface area (Å²) in [6.07, 6.45) is 18.4. The molecule has 2 aliphatic carbocycles. The number of pyridine rings is 2. The highest BCUT2D eigenvalue weighted by Gasteiger charge is 2.30. The molecule has 0 amide bonds. The van der Waals surface area contributed by atoms with E-state index in [1.165, 1.54) is 11.1 Å². The number of halogens is 2. The largest absolute Gasteiger partial charge is 0.245 e. The summed E-state index contributed by atoms with van der Waals surface area (Å²) in [5, 5.41) is 1.04. The molecule has 0 fully saturated rings. The van der Waals surface area contributed by atoms with Gasteiger partial charge in [0.05, 0.1) is 0 Å². The smallest absolute Gasteiger partial charge is 0.129 e. The SMILES string of the molecule is Clc1cc(CC2(Cc3ccnc(Cl)c3)C=CC3=CC=CC3=C2)ccn1. The fraction of sp³-hybridized carbons (Fsp3) is 0.143. The van der Waals surface area contributed by atoms with Crippen LogP contribution in [-0.4, -0.2) is 9.97 Å². The maximum Gasteiger partial charge on any atom is 0.129 e. The summed E-state index contributed by atoms with van der Waals surface area (Å²) >= 11 is 12.2. The fourth-order valence-electron chi connectivity index (χ4n) is 3.49. The van der Waals surface area contributed by atoms with Crippen LogP contribution in [0.15, 0.2) is 84.3 Å². The summed E-state index contributed by atoms with van der Waals surface area (Å²) in [7, 11) is 0. The van der Waals surface area contributed by atoms with Crippen LogP contribution in [-0.2, 0) is 12.8 Å². The van der Waals surface area contributed by atoms with E-state index < -0.39 is 0 Å². The van der Waals surface area contributed by atoms with Crippen molar-refractivity contribution in [3.05, 3.63) is 106 Å². The molecule has 0 aromatic carbocycles. The number of rotatable bonds is 4. The maximum atomic E-state index is 6.09. The van der Waals surface area contributed by atoms with Crippen molar-refractivity contribution >= 4 is 23.2 Å². The molecule has 4 heteroatoms. The first-order valence-corrected chi connectivity index (χ1v) is 8.89. The number of fused-ring (bicyclic) bond motifs is 1. The van der Waals surface area contributed by atoms with Crippen molar-refractivity contribution in [2.75, 3.05) is 0 Å². The topological polar surface area (TPSA) is 25.8 Å². The summed E-state index contributed by atoms with van der Waals surface area (Å²) in [4.78, 5) is 8.18. The number of aromatic nitrogens is 2. The van der Waals surface area contributed by atoms with E-state index in [0.717, 1.165) is 24.0 Å². The Morgan fingerprint density at radius 1 is 0.840 bits per heavy atom. The monoisotopic (exact) mass is 366 g/mol. The Kier molecular flexibility index (Phi) is 4.32. The second-order valence-corrected chi connectivity index (χ2v) is 7.25. The molecule has 0 N–H and O–H groups in total. The summed E-state index contributed by atoms with van der Waals surface area (Å²) in [5.41, 5.74) is 4.71. The lowest BCUT2D eigenvalue weighted by molar-refractivity contribution is 0.480. The molecule has 2 aromatic heterocycles. The second kappa shape index (κ2) is 6.62. The lowest BCUT2D eigenvalue weighted by Gasteiger charge is -2.31. The highest BCUT2D eigenvalue weighted by atomic mass is 35.5. The number of allylic oxidation sites excluding steroid dienone is 8. The number of hydrogen-bond donors (Lipinski definition) is 0. The van der Waals surface area contributed by atoms with Crippen molar-refractivity contribution in [1.29, 1.82) is 0 Å². The first kappa shape index (κ1) is 16.3. The van der Waals surface area contributed by atoms with Crippen LogP contribution < -0.4 is 0 Å². The molecular formula is C21H16Cl2N2. The molecule has 2 heterocycles. The Hall–Kier alpha value is -2.16. The van der Waals surface area contributed by atoms with Crippen molar-refractivity contribution < 1.29 is 0 Å². The Labute approximate surface area is 157 Å². The van der Waals surface area contributed by atoms with Gasteiger partial charge in [-0.2, -0.15) is 0 Å². The fourth-order valence-corrected chi connectivity index (χ4v) is 3.89. The van der Waals surface area contributed by atoms with Gasteiger partial charge < -0.3 is 0 Å². The quantitative estimate of drug-likeness (QED) is 0.663. The standard InChI is InChI=1S/C21H16Cl2N2/c22-19-10-15(5-8-24-19)12-21(13-16-6-9-25-20(23)11-16)7-4-17-2-1-3-18(17)14-21/h1-11,14H,12-13H2. The summed E-state index contributed by atoms with van der Waals surface area (Å²) in [6, 6.07) is 7.92. The van der Waals surface area contributed by atoms with Gasteiger partial charge in [-0.25, -0.2) is 9.97 Å². The predicted molar refractivity (Wildman–Crippen MR) is 103 cm³/mol. The van der Waals surface area contributed by atoms with Gasteiger partial charge in [0, 0.05) is 17.8 Å². The van der Waals surface area contributed by atoms with Gasteiger partial charge in [0.1, 0.15) is 10.3 Å². The zero-order chi connectivity index (χ0) is 17.3. The highest BCUT2D eigenvalue weighted by molar-refractivity contribution is 6.29. The Morgan fingerprint density at radius 3 is 2.08 bits per heavy atom. The predicted octanol–water partition coefficient (Wildman–Crippen LogP) is 5.55. The summed E-state index contributed by atoms with van der Waals surface area (Å²) in [5.74, 6) is 0. The third-order valence-electron chi connectivity index (χ3n) is 4.57. The van der Waals surface area contributed by atoms with Crippen LogP contribution in [0.1, 0.15) is 11.1 Å². The molecule has 4 rings (SSSR count). The molecule has 0 spiro atoms. The van der Waals surface area contributed by atoms with Gasteiger partial charge in [0.2, 0.25) is 0 Å². The van der Waals surface area contributed by atoms with Crippen molar-refractivity contribution in [3.63, 3.8) is 0 Å². The van der Waals surface area contributed by atoms with Crippen molar-refractivity contribution in [2.24, 2.45) is 5.41 Å². The molecule has 0 unspecified atom stereocenters. The van der Waals surface area contributed by atoms with Crippen molar-refractivity contribution in [3.8, 4) is 0 Å². The molecule has 0 saturated heterocycles. The molecule has 25 heavy (non-hydrogen) atoms. The summed E-state index contributed by atoms with van der Waals surface area (Å²) < 4.78 is 0. The molecule has 0 atom stereocenters. The molecule has 124 valence electrons. The van der Waals surface area contributed by atoms with Crippen molar-refractivity contribution in [1.82, 2.24) is 9.97 Å².